The van der Waals surface area contributed by atoms with E-state index < -0.39 is 12.1 Å². The maximum Gasteiger partial charge on any atom is 0.339 e. The molecule has 0 N–H and O–H groups in total. The van der Waals surface area contributed by atoms with Gasteiger partial charge in [-0.3, -0.25) is 4.79 Å². The van der Waals surface area contributed by atoms with E-state index in [-0.39, 0.29) is 5.91 Å². The summed E-state index contributed by atoms with van der Waals surface area (Å²) in [4.78, 5) is 33.1. The first-order chi connectivity index (χ1) is 11.7. The number of hydrogen-bond acceptors (Lipinski definition) is 6. The van der Waals surface area contributed by atoms with Gasteiger partial charge in [-0.25, -0.2) is 9.78 Å². The number of cyclic esters (lactones) is 1. The second-order valence-corrected chi connectivity index (χ2v) is 6.76. The van der Waals surface area contributed by atoms with Gasteiger partial charge in [0.25, 0.3) is 5.91 Å². The van der Waals surface area contributed by atoms with Crippen molar-refractivity contribution in [2.24, 2.45) is 0 Å². The number of carbonyl (C=O) groups excluding carboxylic acids is 2. The Morgan fingerprint density at radius 2 is 2.00 bits per heavy atom. The first kappa shape index (κ1) is 15.1. The molecule has 1 fully saturated rings. The summed E-state index contributed by atoms with van der Waals surface area (Å²) < 4.78 is 5.37. The molecule has 24 heavy (non-hydrogen) atoms. The third-order valence-electron chi connectivity index (χ3n) is 4.45. The fourth-order valence-electron chi connectivity index (χ4n) is 3.16. The van der Waals surface area contributed by atoms with Crippen LogP contribution in [0.15, 0.2) is 35.8 Å². The third-order valence-corrected chi connectivity index (χ3v) is 5.28. The SMILES string of the molecule is O=C1O[C@H](C(=O)N2CCN(c3nccs3)CC2)Cc2ccccc21. The number of fused-ring (bicyclic) bond motifs is 1. The standard InChI is InChI=1S/C17H17N3O3S/c21-15(14-11-12-3-1-2-4-13(12)16(22)23-14)19-6-8-20(9-7-19)17-18-5-10-24-17/h1-5,10,14H,6-9,11H2/t14-/m0/s1. The number of amides is 1. The third kappa shape index (κ3) is 2.75. The Labute approximate surface area is 143 Å². The Kier molecular flexibility index (Phi) is 3.93. The monoisotopic (exact) mass is 343 g/mol. The van der Waals surface area contributed by atoms with Gasteiger partial charge in [0.15, 0.2) is 11.2 Å². The number of benzene rings is 1. The molecule has 6 nitrogen and oxygen atoms in total. The van der Waals surface area contributed by atoms with Crippen LogP contribution in [0, 0.1) is 0 Å². The molecule has 1 amide bonds. The summed E-state index contributed by atoms with van der Waals surface area (Å²) in [5, 5.41) is 2.94. The minimum absolute atomic E-state index is 0.100. The highest BCUT2D eigenvalue weighted by molar-refractivity contribution is 7.13. The van der Waals surface area contributed by atoms with E-state index in [0.29, 0.717) is 25.1 Å². The van der Waals surface area contributed by atoms with Crippen LogP contribution in [0.5, 0.6) is 0 Å². The minimum atomic E-state index is -0.709. The number of thiazole rings is 1. The second-order valence-electron chi connectivity index (χ2n) is 5.88. The lowest BCUT2D eigenvalue weighted by molar-refractivity contribution is -0.141. The van der Waals surface area contributed by atoms with Gasteiger partial charge in [0.05, 0.1) is 5.56 Å². The van der Waals surface area contributed by atoms with Crippen molar-refractivity contribution < 1.29 is 14.3 Å². The lowest BCUT2D eigenvalue weighted by Crippen LogP contribution is -2.53. The van der Waals surface area contributed by atoms with Crippen molar-refractivity contribution in [3.05, 3.63) is 47.0 Å². The summed E-state index contributed by atoms with van der Waals surface area (Å²) in [6.07, 6.45) is 1.53. The van der Waals surface area contributed by atoms with Crippen molar-refractivity contribution in [1.29, 1.82) is 0 Å². The largest absolute Gasteiger partial charge is 0.448 e. The average molecular weight is 343 g/mol. The number of esters is 1. The average Bonchev–Trinajstić information content (AvgIpc) is 3.16. The number of nitrogens with zero attached hydrogens (tertiary/aromatic N) is 3. The highest BCUT2D eigenvalue weighted by Crippen LogP contribution is 2.23. The molecule has 2 aromatic rings. The summed E-state index contributed by atoms with van der Waals surface area (Å²) in [7, 11) is 0. The van der Waals surface area contributed by atoms with Crippen LogP contribution in [-0.2, 0) is 16.0 Å². The maximum atomic E-state index is 12.7. The molecule has 0 saturated carbocycles. The van der Waals surface area contributed by atoms with Gasteiger partial charge < -0.3 is 14.5 Å². The zero-order chi connectivity index (χ0) is 16.5. The van der Waals surface area contributed by atoms with Gasteiger partial charge in [-0.05, 0) is 11.6 Å². The predicted octanol–water partition coefficient (Wildman–Crippen LogP) is 1.57. The summed E-state index contributed by atoms with van der Waals surface area (Å²) in [6, 6.07) is 7.31. The van der Waals surface area contributed by atoms with Gasteiger partial charge in [0.1, 0.15) is 0 Å². The highest BCUT2D eigenvalue weighted by atomic mass is 32.1. The molecule has 7 heteroatoms. The van der Waals surface area contributed by atoms with Crippen molar-refractivity contribution in [1.82, 2.24) is 9.88 Å². The van der Waals surface area contributed by atoms with E-state index in [9.17, 15) is 9.59 Å². The van der Waals surface area contributed by atoms with E-state index in [2.05, 4.69) is 9.88 Å². The minimum Gasteiger partial charge on any atom is -0.448 e. The molecule has 2 aliphatic rings. The van der Waals surface area contributed by atoms with Crippen LogP contribution < -0.4 is 4.90 Å². The quantitative estimate of drug-likeness (QED) is 0.775. The van der Waals surface area contributed by atoms with Crippen LogP contribution in [0.1, 0.15) is 15.9 Å². The van der Waals surface area contributed by atoms with Gasteiger partial charge in [-0.15, -0.1) is 11.3 Å². The van der Waals surface area contributed by atoms with Gasteiger partial charge >= 0.3 is 5.97 Å². The van der Waals surface area contributed by atoms with E-state index in [4.69, 9.17) is 4.74 Å². The maximum absolute atomic E-state index is 12.7. The lowest BCUT2D eigenvalue weighted by Gasteiger charge is -2.36. The molecule has 0 bridgehead atoms. The lowest BCUT2D eigenvalue weighted by atomic mass is 9.98. The first-order valence-corrected chi connectivity index (χ1v) is 8.82. The van der Waals surface area contributed by atoms with Crippen LogP contribution in [0.2, 0.25) is 0 Å². The Balaban J connectivity index is 1.41. The molecule has 4 rings (SSSR count). The topological polar surface area (TPSA) is 62.7 Å². The van der Waals surface area contributed by atoms with Crippen molar-refractivity contribution in [3.8, 4) is 0 Å². The van der Waals surface area contributed by atoms with Gasteiger partial charge in [0, 0.05) is 44.2 Å². The molecule has 1 saturated heterocycles. The van der Waals surface area contributed by atoms with Crippen LogP contribution >= 0.6 is 11.3 Å². The molecule has 3 heterocycles. The summed E-state index contributed by atoms with van der Waals surface area (Å²) >= 11 is 1.60. The summed E-state index contributed by atoms with van der Waals surface area (Å²) in [5.41, 5.74) is 1.45. The zero-order valence-corrected chi connectivity index (χ0v) is 13.9. The first-order valence-electron chi connectivity index (χ1n) is 7.94. The van der Waals surface area contributed by atoms with Crippen molar-refractivity contribution in [2.45, 2.75) is 12.5 Å². The molecular formula is C17H17N3O3S. The highest BCUT2D eigenvalue weighted by Gasteiger charge is 2.35. The van der Waals surface area contributed by atoms with E-state index in [1.54, 1.807) is 34.6 Å². The van der Waals surface area contributed by atoms with Crippen molar-refractivity contribution >= 4 is 28.3 Å². The molecule has 0 aliphatic carbocycles. The van der Waals surface area contributed by atoms with Gasteiger partial charge in [-0.1, -0.05) is 18.2 Å². The van der Waals surface area contributed by atoms with E-state index in [0.717, 1.165) is 23.8 Å². The Bertz CT molecular complexity index is 754. The second kappa shape index (κ2) is 6.24. The van der Waals surface area contributed by atoms with E-state index >= 15 is 0 Å². The molecule has 1 atom stereocenters. The predicted molar refractivity (Wildman–Crippen MR) is 90.3 cm³/mol. The van der Waals surface area contributed by atoms with Gasteiger partial charge in [-0.2, -0.15) is 0 Å². The van der Waals surface area contributed by atoms with E-state index in [1.165, 1.54) is 0 Å². The van der Waals surface area contributed by atoms with Crippen LogP contribution in [0.25, 0.3) is 0 Å². The molecule has 0 spiro atoms. The Morgan fingerprint density at radius 1 is 1.21 bits per heavy atom. The number of hydrogen-bond donors (Lipinski definition) is 0. The summed E-state index contributed by atoms with van der Waals surface area (Å²) in [5.74, 6) is -0.506. The molecule has 124 valence electrons. The molecule has 0 radical (unpaired) electrons. The number of carbonyl (C=O) groups is 2. The molecule has 2 aliphatic heterocycles. The Hall–Kier alpha value is -2.41. The fourth-order valence-corrected chi connectivity index (χ4v) is 3.86. The van der Waals surface area contributed by atoms with E-state index in [1.807, 2.05) is 17.5 Å². The summed E-state index contributed by atoms with van der Waals surface area (Å²) in [6.45, 7) is 2.73. The number of piperazine rings is 1. The molecule has 1 aromatic heterocycles. The fraction of sp³-hybridized carbons (Fsp3) is 0.353. The number of anilines is 1. The van der Waals surface area contributed by atoms with Crippen LogP contribution in [0.3, 0.4) is 0 Å². The molecular weight excluding hydrogens is 326 g/mol. The number of aromatic nitrogens is 1. The van der Waals surface area contributed by atoms with Gasteiger partial charge in [0.2, 0.25) is 0 Å². The number of rotatable bonds is 2. The van der Waals surface area contributed by atoms with Crippen LogP contribution in [0.4, 0.5) is 5.13 Å². The van der Waals surface area contributed by atoms with Crippen molar-refractivity contribution in [2.75, 3.05) is 31.1 Å². The smallest absolute Gasteiger partial charge is 0.339 e. The molecule has 1 aromatic carbocycles. The number of ether oxygens (including phenoxy) is 1. The Morgan fingerprint density at radius 3 is 2.75 bits per heavy atom. The van der Waals surface area contributed by atoms with Crippen LogP contribution in [-0.4, -0.2) is 54.0 Å². The normalized spacial score (nSPS) is 20.5. The zero-order valence-electron chi connectivity index (χ0n) is 13.1. The van der Waals surface area contributed by atoms with Crippen molar-refractivity contribution in [3.63, 3.8) is 0 Å². The molecule has 0 unspecified atom stereocenters.